The number of rotatable bonds is 4. The topological polar surface area (TPSA) is 92.7 Å². The number of methoxy groups -OCH3 is 1. The van der Waals surface area contributed by atoms with Crippen LogP contribution in [0.3, 0.4) is 0 Å². The summed E-state index contributed by atoms with van der Waals surface area (Å²) in [4.78, 5) is 50.2. The van der Waals surface area contributed by atoms with Crippen molar-refractivity contribution in [3.8, 4) is 0 Å². The fraction of sp³-hybridized carbons (Fsp3) is 0.409. The highest BCUT2D eigenvalue weighted by Crippen LogP contribution is 2.43. The monoisotopic (exact) mass is 408 g/mol. The zero-order valence-electron chi connectivity index (χ0n) is 17.0. The quantitative estimate of drug-likeness (QED) is 0.714. The molecule has 2 aliphatic rings. The number of fused-ring (bicyclic) bond motifs is 1. The predicted octanol–water partition coefficient (Wildman–Crippen LogP) is 1.63. The van der Waals surface area contributed by atoms with E-state index in [1.165, 1.54) is 24.4 Å². The molecule has 1 aromatic carbocycles. The summed E-state index contributed by atoms with van der Waals surface area (Å²) in [6.07, 6.45) is 4.14. The number of aryl methyl sites for hydroxylation is 1. The lowest BCUT2D eigenvalue weighted by Crippen LogP contribution is -2.55. The number of aromatic nitrogens is 2. The van der Waals surface area contributed by atoms with Gasteiger partial charge in [0.05, 0.1) is 30.7 Å². The highest BCUT2D eigenvalue weighted by Gasteiger charge is 2.51. The Kier molecular flexibility index (Phi) is 5.48. The third-order valence-corrected chi connectivity index (χ3v) is 5.85. The summed E-state index contributed by atoms with van der Waals surface area (Å²) < 4.78 is 5.02. The van der Waals surface area contributed by atoms with Crippen molar-refractivity contribution in [1.82, 2.24) is 19.8 Å². The van der Waals surface area contributed by atoms with Crippen molar-refractivity contribution in [3.63, 3.8) is 0 Å². The minimum atomic E-state index is -0.464. The largest absolute Gasteiger partial charge is 0.469 e. The second-order valence-electron chi connectivity index (χ2n) is 7.60. The van der Waals surface area contributed by atoms with Gasteiger partial charge in [-0.05, 0) is 12.0 Å². The van der Waals surface area contributed by atoms with Crippen LogP contribution in [0.4, 0.5) is 0 Å². The van der Waals surface area contributed by atoms with Crippen molar-refractivity contribution in [3.05, 3.63) is 59.7 Å². The van der Waals surface area contributed by atoms with E-state index in [4.69, 9.17) is 4.74 Å². The van der Waals surface area contributed by atoms with Crippen LogP contribution in [0.2, 0.25) is 0 Å². The van der Waals surface area contributed by atoms with E-state index in [1.54, 1.807) is 4.90 Å². The molecular weight excluding hydrogens is 384 g/mol. The average Bonchev–Trinajstić information content (AvgIpc) is 3.19. The van der Waals surface area contributed by atoms with Crippen LogP contribution in [0, 0.1) is 5.92 Å². The van der Waals surface area contributed by atoms with Gasteiger partial charge in [0.1, 0.15) is 12.4 Å². The predicted molar refractivity (Wildman–Crippen MR) is 107 cm³/mol. The maximum absolute atomic E-state index is 13.1. The van der Waals surface area contributed by atoms with E-state index in [0.717, 1.165) is 5.56 Å². The smallest absolute Gasteiger partial charge is 0.311 e. The summed E-state index contributed by atoms with van der Waals surface area (Å²) >= 11 is 0. The van der Waals surface area contributed by atoms with Crippen molar-refractivity contribution < 1.29 is 19.1 Å². The first-order chi connectivity index (χ1) is 14.5. The highest BCUT2D eigenvalue weighted by molar-refractivity contribution is 5.97. The Bertz CT molecular complexity index is 947. The Labute approximate surface area is 174 Å². The van der Waals surface area contributed by atoms with E-state index >= 15 is 0 Å². The summed E-state index contributed by atoms with van der Waals surface area (Å²) in [5.74, 6) is -0.592. The van der Waals surface area contributed by atoms with Crippen molar-refractivity contribution in [2.75, 3.05) is 20.2 Å². The van der Waals surface area contributed by atoms with Crippen LogP contribution in [0.5, 0.6) is 0 Å². The lowest BCUT2D eigenvalue weighted by molar-refractivity contribution is -0.147. The number of hydrogen-bond donors (Lipinski definition) is 0. The molecule has 2 fully saturated rings. The number of hydrogen-bond acceptors (Lipinski definition) is 6. The highest BCUT2D eigenvalue weighted by atomic mass is 16.5. The molecule has 30 heavy (non-hydrogen) atoms. The molecule has 0 N–H and O–H groups in total. The molecule has 3 heterocycles. The normalized spacial score (nSPS) is 23.3. The van der Waals surface area contributed by atoms with Gasteiger partial charge in [-0.1, -0.05) is 37.3 Å². The van der Waals surface area contributed by atoms with Crippen LogP contribution in [0.1, 0.15) is 41.1 Å². The number of piperazine rings is 1. The van der Waals surface area contributed by atoms with E-state index < -0.39 is 5.92 Å². The molecule has 2 aliphatic heterocycles. The van der Waals surface area contributed by atoms with Gasteiger partial charge in [0.2, 0.25) is 5.91 Å². The lowest BCUT2D eigenvalue weighted by atomic mass is 9.93. The number of benzene rings is 1. The second-order valence-corrected chi connectivity index (χ2v) is 7.60. The molecule has 0 aliphatic carbocycles. The summed E-state index contributed by atoms with van der Waals surface area (Å²) in [6, 6.07) is 8.87. The fourth-order valence-corrected chi connectivity index (χ4v) is 4.45. The molecule has 8 heteroatoms. The molecule has 156 valence electrons. The number of esters is 1. The third kappa shape index (κ3) is 3.53. The van der Waals surface area contributed by atoms with Crippen molar-refractivity contribution in [1.29, 1.82) is 0 Å². The van der Waals surface area contributed by atoms with Gasteiger partial charge in [0, 0.05) is 25.4 Å². The minimum absolute atomic E-state index is 0.0396. The molecule has 4 rings (SSSR count). The molecule has 0 radical (unpaired) electrons. The van der Waals surface area contributed by atoms with Crippen LogP contribution in [0.25, 0.3) is 0 Å². The van der Waals surface area contributed by atoms with Crippen molar-refractivity contribution in [2.45, 2.75) is 31.8 Å². The fourth-order valence-electron chi connectivity index (χ4n) is 4.45. The van der Waals surface area contributed by atoms with Crippen LogP contribution < -0.4 is 0 Å². The summed E-state index contributed by atoms with van der Waals surface area (Å²) in [7, 11) is 1.36. The van der Waals surface area contributed by atoms with Gasteiger partial charge in [0.15, 0.2) is 0 Å². The molecule has 0 spiro atoms. The number of carbonyl (C=O) groups excluding carboxylic acids is 3. The first kappa shape index (κ1) is 20.0. The molecule has 3 atom stereocenters. The molecule has 2 saturated heterocycles. The van der Waals surface area contributed by atoms with Gasteiger partial charge < -0.3 is 14.5 Å². The van der Waals surface area contributed by atoms with E-state index in [1.807, 2.05) is 37.3 Å². The summed E-state index contributed by atoms with van der Waals surface area (Å²) in [5.41, 5.74) is 1.25. The Morgan fingerprint density at radius 3 is 2.50 bits per heavy atom. The van der Waals surface area contributed by atoms with Gasteiger partial charge in [-0.25, -0.2) is 9.97 Å². The van der Waals surface area contributed by atoms with Gasteiger partial charge in [0.25, 0.3) is 5.91 Å². The summed E-state index contributed by atoms with van der Waals surface area (Å²) in [6.45, 7) is 2.26. The van der Waals surface area contributed by atoms with E-state index in [-0.39, 0.29) is 36.4 Å². The molecule has 8 nitrogen and oxygen atoms in total. The molecule has 0 bridgehead atoms. The average molecular weight is 408 g/mol. The zero-order chi connectivity index (χ0) is 21.3. The second kappa shape index (κ2) is 8.22. The van der Waals surface area contributed by atoms with Crippen molar-refractivity contribution in [2.24, 2.45) is 5.92 Å². The molecule has 0 unspecified atom stereocenters. The Morgan fingerprint density at radius 2 is 1.87 bits per heavy atom. The first-order valence-corrected chi connectivity index (χ1v) is 10.1. The van der Waals surface area contributed by atoms with Crippen molar-refractivity contribution >= 4 is 17.8 Å². The van der Waals surface area contributed by atoms with E-state index in [2.05, 4.69) is 9.97 Å². The minimum Gasteiger partial charge on any atom is -0.469 e. The van der Waals surface area contributed by atoms with Crippen LogP contribution in [-0.4, -0.2) is 63.8 Å². The third-order valence-electron chi connectivity index (χ3n) is 5.85. The lowest BCUT2D eigenvalue weighted by Gasteiger charge is -2.40. The molecule has 1 aromatic heterocycles. The Morgan fingerprint density at radius 1 is 1.17 bits per heavy atom. The Hall–Kier alpha value is -3.29. The number of carbonyl (C=O) groups is 3. The van der Waals surface area contributed by atoms with E-state index in [0.29, 0.717) is 30.8 Å². The van der Waals surface area contributed by atoms with E-state index in [9.17, 15) is 14.4 Å². The SMILES string of the molecule is CCc1ncc(C(=O)N2CC(=O)N3[C@@H](C[C@H](C(=O)OC)[C@@H]3c3ccccc3)C2)cn1. The van der Waals surface area contributed by atoms with Crippen LogP contribution in [-0.2, 0) is 20.7 Å². The van der Waals surface area contributed by atoms with Gasteiger partial charge in [-0.15, -0.1) is 0 Å². The zero-order valence-corrected chi connectivity index (χ0v) is 17.0. The molecular formula is C22H24N4O4. The van der Waals surface area contributed by atoms with Gasteiger partial charge in [-0.2, -0.15) is 0 Å². The number of ether oxygens (including phenoxy) is 1. The molecule has 2 amide bonds. The maximum atomic E-state index is 13.1. The first-order valence-electron chi connectivity index (χ1n) is 10.1. The molecule has 0 saturated carbocycles. The van der Waals surface area contributed by atoms with Crippen LogP contribution in [0.15, 0.2) is 42.7 Å². The van der Waals surface area contributed by atoms with Gasteiger partial charge >= 0.3 is 5.97 Å². The molecule has 2 aromatic rings. The standard InChI is InChI=1S/C22H24N4O4/c1-3-18-23-10-15(11-24-18)21(28)25-12-16-9-17(22(29)30-2)20(26(16)19(27)13-25)14-7-5-4-6-8-14/h4-8,10-11,16-17,20H,3,9,12-13H2,1-2H3/t16-,17-,20-/m0/s1. The maximum Gasteiger partial charge on any atom is 0.311 e. The number of nitrogens with zero attached hydrogens (tertiary/aromatic N) is 4. The Balaban J connectivity index is 1.59. The van der Waals surface area contributed by atoms with Crippen LogP contribution >= 0.6 is 0 Å². The summed E-state index contributed by atoms with van der Waals surface area (Å²) in [5, 5.41) is 0. The van der Waals surface area contributed by atoms with Gasteiger partial charge in [-0.3, -0.25) is 14.4 Å². The number of amides is 2.